The van der Waals surface area contributed by atoms with Gasteiger partial charge in [0, 0.05) is 74.0 Å². The number of anilines is 2. The molecule has 0 amide bonds. The minimum absolute atomic E-state index is 0.693. The van der Waals surface area contributed by atoms with Gasteiger partial charge in [-0.1, -0.05) is 137 Å². The number of aryl methyl sites for hydroxylation is 1. The van der Waals surface area contributed by atoms with Crippen molar-refractivity contribution in [1.82, 2.24) is 14.5 Å². The van der Waals surface area contributed by atoms with Crippen LogP contribution in [0, 0.1) is 0 Å². The van der Waals surface area contributed by atoms with Gasteiger partial charge < -0.3 is 15.2 Å². The monoisotopic (exact) mass is 793 g/mol. The highest BCUT2D eigenvalue weighted by atomic mass is 15.1. The number of rotatable bonds is 13. The molecule has 6 aromatic carbocycles. The van der Waals surface area contributed by atoms with Gasteiger partial charge in [0.05, 0.1) is 0 Å². The lowest BCUT2D eigenvalue weighted by Gasteiger charge is -2.12. The van der Waals surface area contributed by atoms with Crippen molar-refractivity contribution < 1.29 is 0 Å². The Kier molecular flexibility index (Phi) is 9.57. The largest absolute Gasteiger partial charge is 0.340 e. The molecule has 0 aliphatic carbocycles. The number of fused-ring (bicyclic) bond motifs is 3. The van der Waals surface area contributed by atoms with E-state index in [2.05, 4.69) is 129 Å². The number of hydrogen-bond acceptors (Lipinski definition) is 4. The molecule has 9 aromatic rings. The lowest BCUT2D eigenvalue weighted by atomic mass is 9.94. The van der Waals surface area contributed by atoms with Crippen LogP contribution in [0.25, 0.3) is 65.6 Å². The van der Waals surface area contributed by atoms with Gasteiger partial charge in [-0.3, -0.25) is 0 Å². The first-order valence-electron chi connectivity index (χ1n) is 21.9. The molecule has 0 spiro atoms. The molecule has 0 saturated carbocycles. The summed E-state index contributed by atoms with van der Waals surface area (Å²) >= 11 is 0. The maximum Gasteiger partial charge on any atom is 0.154 e. The van der Waals surface area contributed by atoms with Gasteiger partial charge in [-0.15, -0.1) is 0 Å². The van der Waals surface area contributed by atoms with Crippen LogP contribution in [0.1, 0.15) is 69.4 Å². The fraction of sp³-hybridized carbons (Fsp3) is 0.185. The molecule has 0 fully saturated rings. The summed E-state index contributed by atoms with van der Waals surface area (Å²) in [5.41, 5.74) is 11.8. The van der Waals surface area contributed by atoms with E-state index in [-0.39, 0.29) is 0 Å². The van der Waals surface area contributed by atoms with E-state index in [9.17, 15) is 0 Å². The summed E-state index contributed by atoms with van der Waals surface area (Å²) in [6, 6.07) is 47.9. The Balaban J connectivity index is 1.000. The van der Waals surface area contributed by atoms with Crippen LogP contribution in [0.4, 0.5) is 23.0 Å². The molecule has 11 rings (SSSR count). The first kappa shape index (κ1) is 36.9. The summed E-state index contributed by atoms with van der Waals surface area (Å²) in [5.74, 6) is 3.06. The second kappa shape index (κ2) is 15.8. The van der Waals surface area contributed by atoms with E-state index >= 15 is 0 Å². The maximum absolute atomic E-state index is 4.89. The minimum atomic E-state index is 0.693. The van der Waals surface area contributed by atoms with E-state index in [0.717, 1.165) is 47.1 Å². The quantitative estimate of drug-likeness (QED) is 0.114. The fourth-order valence-corrected chi connectivity index (χ4v) is 9.63. The molecule has 3 aromatic heterocycles. The van der Waals surface area contributed by atoms with Gasteiger partial charge in [0.2, 0.25) is 0 Å². The van der Waals surface area contributed by atoms with E-state index in [1.807, 2.05) is 36.4 Å². The van der Waals surface area contributed by atoms with Crippen LogP contribution in [-0.4, -0.2) is 26.2 Å². The summed E-state index contributed by atoms with van der Waals surface area (Å²) in [7, 11) is 0. The van der Waals surface area contributed by atoms with Gasteiger partial charge in [0.1, 0.15) is 11.7 Å². The smallest absolute Gasteiger partial charge is 0.154 e. The first-order valence-corrected chi connectivity index (χ1v) is 21.9. The molecule has 0 atom stereocenters. The van der Waals surface area contributed by atoms with Crippen molar-refractivity contribution in [3.05, 3.63) is 157 Å². The van der Waals surface area contributed by atoms with Crippen LogP contribution in [0.5, 0.6) is 0 Å². The minimum Gasteiger partial charge on any atom is -0.340 e. The van der Waals surface area contributed by atoms with Crippen molar-refractivity contribution >= 4 is 78.0 Å². The molecule has 0 unspecified atom stereocenters. The summed E-state index contributed by atoms with van der Waals surface area (Å²) < 4.78 is 2.60. The van der Waals surface area contributed by atoms with Crippen molar-refractivity contribution in [3.63, 3.8) is 0 Å². The summed E-state index contributed by atoms with van der Waals surface area (Å²) in [5, 5.41) is 14.6. The molecular weight excluding hydrogens is 747 g/mol. The summed E-state index contributed by atoms with van der Waals surface area (Å²) in [4.78, 5) is 18.7. The number of pyridine rings is 2. The Morgan fingerprint density at radius 3 is 1.46 bits per heavy atom. The van der Waals surface area contributed by atoms with Gasteiger partial charge in [-0.2, -0.15) is 0 Å². The average Bonchev–Trinajstić information content (AvgIpc) is 3.95. The molecule has 2 aliphatic rings. The van der Waals surface area contributed by atoms with Crippen LogP contribution in [-0.2, 0) is 6.54 Å². The second-order valence-corrected chi connectivity index (χ2v) is 16.4. The Morgan fingerprint density at radius 2 is 0.967 bits per heavy atom. The number of unbranched alkanes of at least 4 members (excludes halogenated alkanes) is 7. The van der Waals surface area contributed by atoms with Gasteiger partial charge in [-0.05, 0) is 88.0 Å². The second-order valence-electron chi connectivity index (χ2n) is 16.4. The Labute approximate surface area is 356 Å². The fourth-order valence-electron chi connectivity index (χ4n) is 9.63. The third kappa shape index (κ3) is 6.71. The number of benzene rings is 6. The zero-order valence-electron chi connectivity index (χ0n) is 34.5. The predicted molar refractivity (Wildman–Crippen MR) is 256 cm³/mol. The topological polar surface area (TPSA) is 79.5 Å². The molecule has 61 heavy (non-hydrogen) atoms. The Morgan fingerprint density at radius 1 is 0.459 bits per heavy atom. The van der Waals surface area contributed by atoms with Crippen LogP contribution in [0.3, 0.4) is 0 Å². The van der Waals surface area contributed by atoms with Crippen LogP contribution in [0.2, 0.25) is 0 Å². The third-order valence-electron chi connectivity index (χ3n) is 12.6. The van der Waals surface area contributed by atoms with E-state index in [1.54, 1.807) is 12.4 Å². The molecule has 7 heteroatoms. The predicted octanol–water partition coefficient (Wildman–Crippen LogP) is 14.4. The summed E-state index contributed by atoms with van der Waals surface area (Å²) in [6.07, 6.45) is 13.9. The molecule has 7 nitrogen and oxygen atoms in total. The number of nitrogens with one attached hydrogen (secondary N) is 2. The number of amidine groups is 2. The first-order chi connectivity index (χ1) is 30.2. The molecule has 0 bridgehead atoms. The number of aromatic nitrogens is 3. The normalized spacial score (nSPS) is 14.2. The van der Waals surface area contributed by atoms with Crippen molar-refractivity contribution in [2.75, 3.05) is 10.6 Å². The number of aliphatic imine (C=N–C) groups is 2. The summed E-state index contributed by atoms with van der Waals surface area (Å²) in [6.45, 7) is 3.27. The van der Waals surface area contributed by atoms with E-state index in [4.69, 9.17) is 9.98 Å². The highest BCUT2D eigenvalue weighted by Gasteiger charge is 2.24. The standard InChI is InChI=1S/C54H47N7/c1-2-3-4-5-6-7-8-13-32-61-47-33-35(37-26-28-45-51-41(37)16-14-18-43(51)53(57-45)59-49-20-9-11-30-55-49)22-24-39(47)40-25-23-36(34-48(40)61)38-27-29-46-52-42(38)17-15-19-44(52)54(58-46)60-50-21-10-12-31-56-50/h9-12,14-31,33-34H,2-8,13,32H2,1H3,(H,55,57,59)(H,56,58,60). The third-order valence-corrected chi connectivity index (χ3v) is 12.6. The zero-order chi connectivity index (χ0) is 40.7. The lowest BCUT2D eigenvalue weighted by molar-refractivity contribution is 0.553. The number of nitrogens with zero attached hydrogens (tertiary/aromatic N) is 5. The highest BCUT2D eigenvalue weighted by Crippen LogP contribution is 2.43. The van der Waals surface area contributed by atoms with Crippen molar-refractivity contribution in [3.8, 4) is 22.3 Å². The SMILES string of the molecule is CCCCCCCCCCn1c2cc(-c3ccc4c5c(cccc35)/C(=N/c3ccccn3)N4)ccc2c2ccc(-c3ccc4c5c(cccc35)/C(=N/c3ccccn3)N4)cc21. The van der Waals surface area contributed by atoms with Crippen LogP contribution in [0.15, 0.2) is 156 Å². The van der Waals surface area contributed by atoms with Gasteiger partial charge in [0.25, 0.3) is 0 Å². The van der Waals surface area contributed by atoms with Crippen LogP contribution >= 0.6 is 0 Å². The molecule has 2 aliphatic heterocycles. The Bertz CT molecular complexity index is 2980. The molecule has 0 radical (unpaired) electrons. The van der Waals surface area contributed by atoms with Crippen molar-refractivity contribution in [2.24, 2.45) is 9.98 Å². The maximum atomic E-state index is 4.89. The van der Waals surface area contributed by atoms with Crippen molar-refractivity contribution in [1.29, 1.82) is 0 Å². The van der Waals surface area contributed by atoms with E-state index in [1.165, 1.54) is 111 Å². The molecule has 298 valence electrons. The average molecular weight is 794 g/mol. The van der Waals surface area contributed by atoms with Gasteiger partial charge in [-0.25, -0.2) is 20.0 Å². The van der Waals surface area contributed by atoms with E-state index < -0.39 is 0 Å². The lowest BCUT2D eigenvalue weighted by Crippen LogP contribution is -2.06. The molecule has 2 N–H and O–H groups in total. The molecule has 0 saturated heterocycles. The van der Waals surface area contributed by atoms with Gasteiger partial charge >= 0.3 is 0 Å². The van der Waals surface area contributed by atoms with Crippen molar-refractivity contribution in [2.45, 2.75) is 64.8 Å². The Hall–Kier alpha value is -7.12. The highest BCUT2D eigenvalue weighted by molar-refractivity contribution is 6.29. The molecule has 5 heterocycles. The van der Waals surface area contributed by atoms with Crippen LogP contribution < -0.4 is 10.6 Å². The molecular formula is C54H47N7. The van der Waals surface area contributed by atoms with E-state index in [0.29, 0.717) is 11.6 Å². The van der Waals surface area contributed by atoms with Gasteiger partial charge in [0.15, 0.2) is 11.6 Å². The number of hydrogen-bond donors (Lipinski definition) is 2. The zero-order valence-corrected chi connectivity index (χ0v) is 34.5.